The largest absolute Gasteiger partial charge is 0.497 e. The molecule has 0 fully saturated rings. The average Bonchev–Trinajstić information content (AvgIpc) is 2.70. The van der Waals surface area contributed by atoms with Crippen molar-refractivity contribution in [3.05, 3.63) is 53.6 Å². The first-order valence-electron chi connectivity index (χ1n) is 9.33. The first-order valence-corrected chi connectivity index (χ1v) is 10.8. The molecule has 28 heavy (non-hydrogen) atoms. The van der Waals surface area contributed by atoms with E-state index in [1.807, 2.05) is 6.92 Å². The molecule has 0 radical (unpaired) electrons. The molecule has 0 saturated heterocycles. The number of hydrogen-bond acceptors (Lipinski definition) is 4. The molecule has 152 valence electrons. The number of anilines is 1. The quantitative estimate of drug-likeness (QED) is 0.646. The van der Waals surface area contributed by atoms with Crippen LogP contribution in [0.4, 0.5) is 5.69 Å². The number of carbonyl (C=O) groups excluding carboxylic acids is 1. The van der Waals surface area contributed by atoms with Gasteiger partial charge in [-0.2, -0.15) is 0 Å². The highest BCUT2D eigenvalue weighted by molar-refractivity contribution is 7.92. The van der Waals surface area contributed by atoms with Crippen molar-refractivity contribution in [3.63, 3.8) is 0 Å². The first-order chi connectivity index (χ1) is 13.3. The maximum absolute atomic E-state index is 13.0. The van der Waals surface area contributed by atoms with Gasteiger partial charge in [-0.15, -0.1) is 0 Å². The Balaban J connectivity index is 2.26. The van der Waals surface area contributed by atoms with Crippen LogP contribution < -0.4 is 14.4 Å². The minimum atomic E-state index is -3.76. The summed E-state index contributed by atoms with van der Waals surface area (Å²) in [5.74, 6) is 0.382. The molecule has 0 bridgehead atoms. The zero-order valence-electron chi connectivity index (χ0n) is 16.9. The van der Waals surface area contributed by atoms with Crippen molar-refractivity contribution in [3.8, 4) is 5.75 Å². The van der Waals surface area contributed by atoms with E-state index in [4.69, 9.17) is 4.74 Å². The monoisotopic (exact) mass is 404 g/mol. The minimum absolute atomic E-state index is 0.157. The number of benzene rings is 2. The third-order valence-corrected chi connectivity index (χ3v) is 6.38. The van der Waals surface area contributed by atoms with Crippen LogP contribution in [0.2, 0.25) is 0 Å². The molecule has 0 saturated carbocycles. The second-order valence-corrected chi connectivity index (χ2v) is 8.58. The number of hydrogen-bond donors (Lipinski definition) is 1. The maximum Gasteiger partial charge on any atom is 0.264 e. The van der Waals surface area contributed by atoms with Crippen LogP contribution >= 0.6 is 0 Å². The van der Waals surface area contributed by atoms with E-state index in [9.17, 15) is 13.2 Å². The molecular weight excluding hydrogens is 376 g/mol. The number of methoxy groups -OCH3 is 1. The molecule has 0 spiro atoms. The van der Waals surface area contributed by atoms with Crippen molar-refractivity contribution < 1.29 is 17.9 Å². The van der Waals surface area contributed by atoms with Crippen LogP contribution in [0, 0.1) is 6.92 Å². The Kier molecular flexibility index (Phi) is 7.45. The van der Waals surface area contributed by atoms with Crippen LogP contribution in [0.15, 0.2) is 47.4 Å². The number of nitrogens with zero attached hydrogens (tertiary/aromatic N) is 1. The van der Waals surface area contributed by atoms with Gasteiger partial charge in [-0.1, -0.05) is 25.8 Å². The summed E-state index contributed by atoms with van der Waals surface area (Å²) in [7, 11) is -0.744. The van der Waals surface area contributed by atoms with Gasteiger partial charge in [0, 0.05) is 19.2 Å². The smallest absolute Gasteiger partial charge is 0.264 e. The number of aryl methyl sites for hydroxylation is 1. The number of carbonyl (C=O) groups is 1. The third-order valence-electron chi connectivity index (χ3n) is 4.59. The van der Waals surface area contributed by atoms with Gasteiger partial charge < -0.3 is 10.1 Å². The second kappa shape index (κ2) is 9.59. The van der Waals surface area contributed by atoms with E-state index in [0.717, 1.165) is 24.8 Å². The van der Waals surface area contributed by atoms with Crippen molar-refractivity contribution in [1.82, 2.24) is 5.32 Å². The Labute approximate surface area is 167 Å². The number of nitrogens with one attached hydrogen (secondary N) is 1. The standard InChI is InChI=1S/C21H28N2O4S/c1-5-6-7-14-22-21(24)17-9-8-16(2)20(15-17)23(3)28(25,26)19-12-10-18(27-4)11-13-19/h8-13,15H,5-7,14H2,1-4H3,(H,22,24). The topological polar surface area (TPSA) is 75.7 Å². The minimum Gasteiger partial charge on any atom is -0.497 e. The normalized spacial score (nSPS) is 11.1. The van der Waals surface area contributed by atoms with Gasteiger partial charge >= 0.3 is 0 Å². The first kappa shape index (κ1) is 21.8. The molecule has 0 aliphatic heterocycles. The van der Waals surface area contributed by atoms with Crippen molar-refractivity contribution >= 4 is 21.6 Å². The van der Waals surface area contributed by atoms with Crippen LogP contribution in [0.25, 0.3) is 0 Å². The van der Waals surface area contributed by atoms with Gasteiger partial charge in [0.15, 0.2) is 0 Å². The molecule has 0 unspecified atom stereocenters. The molecule has 0 aliphatic carbocycles. The maximum atomic E-state index is 13.0. The summed E-state index contributed by atoms with van der Waals surface area (Å²) in [4.78, 5) is 12.5. The highest BCUT2D eigenvalue weighted by atomic mass is 32.2. The SMILES string of the molecule is CCCCCNC(=O)c1ccc(C)c(N(C)S(=O)(=O)c2ccc(OC)cc2)c1. The molecule has 6 nitrogen and oxygen atoms in total. The molecule has 7 heteroatoms. The van der Waals surface area contributed by atoms with Crippen molar-refractivity contribution in [1.29, 1.82) is 0 Å². The Morgan fingerprint density at radius 2 is 1.79 bits per heavy atom. The fourth-order valence-electron chi connectivity index (χ4n) is 2.80. The van der Waals surface area contributed by atoms with E-state index in [1.165, 1.54) is 30.6 Å². The number of amides is 1. The van der Waals surface area contributed by atoms with Crippen LogP contribution in [0.1, 0.15) is 42.1 Å². The van der Waals surface area contributed by atoms with Crippen LogP contribution in [-0.2, 0) is 10.0 Å². The van der Waals surface area contributed by atoms with E-state index in [0.29, 0.717) is 23.5 Å². The van der Waals surface area contributed by atoms with Crippen molar-refractivity contribution in [2.45, 2.75) is 38.0 Å². The van der Waals surface area contributed by atoms with Crippen LogP contribution in [-0.4, -0.2) is 35.0 Å². The summed E-state index contributed by atoms with van der Waals surface area (Å²) in [6.45, 7) is 4.53. The van der Waals surface area contributed by atoms with Crippen LogP contribution in [0.5, 0.6) is 5.75 Å². The van der Waals surface area contributed by atoms with Gasteiger partial charge in [0.25, 0.3) is 15.9 Å². The Morgan fingerprint density at radius 1 is 1.11 bits per heavy atom. The lowest BCUT2D eigenvalue weighted by molar-refractivity contribution is 0.0953. The molecule has 2 aromatic carbocycles. The molecule has 0 aliphatic rings. The fourth-order valence-corrected chi connectivity index (χ4v) is 4.06. The Morgan fingerprint density at radius 3 is 2.39 bits per heavy atom. The predicted octanol–water partition coefficient (Wildman–Crippen LogP) is 3.75. The number of rotatable bonds is 9. The number of sulfonamides is 1. The zero-order valence-corrected chi connectivity index (χ0v) is 17.7. The molecular formula is C21H28N2O4S. The second-order valence-electron chi connectivity index (χ2n) is 6.61. The molecule has 1 N–H and O–H groups in total. The van der Waals surface area contributed by atoms with E-state index in [-0.39, 0.29) is 10.8 Å². The summed E-state index contributed by atoms with van der Waals surface area (Å²) in [6, 6.07) is 11.3. The molecule has 2 rings (SSSR count). The summed E-state index contributed by atoms with van der Waals surface area (Å²) < 4.78 is 32.3. The highest BCUT2D eigenvalue weighted by Gasteiger charge is 2.23. The predicted molar refractivity (Wildman–Crippen MR) is 112 cm³/mol. The Bertz CT molecular complexity index is 909. The lowest BCUT2D eigenvalue weighted by atomic mass is 10.1. The van der Waals surface area contributed by atoms with E-state index < -0.39 is 10.0 Å². The molecule has 2 aromatic rings. The number of ether oxygens (including phenoxy) is 1. The van der Waals surface area contributed by atoms with Crippen LogP contribution in [0.3, 0.4) is 0 Å². The van der Waals surface area contributed by atoms with Gasteiger partial charge in [-0.25, -0.2) is 8.42 Å². The Hall–Kier alpha value is -2.54. The average molecular weight is 405 g/mol. The summed E-state index contributed by atoms with van der Waals surface area (Å²) in [6.07, 6.45) is 3.06. The van der Waals surface area contributed by atoms with Gasteiger partial charge in [0.05, 0.1) is 17.7 Å². The highest BCUT2D eigenvalue weighted by Crippen LogP contribution is 2.27. The summed E-state index contributed by atoms with van der Waals surface area (Å²) in [5, 5.41) is 2.88. The molecule has 0 aromatic heterocycles. The van der Waals surface area contributed by atoms with E-state index in [2.05, 4.69) is 12.2 Å². The van der Waals surface area contributed by atoms with E-state index in [1.54, 1.807) is 30.3 Å². The third kappa shape index (κ3) is 5.04. The molecule has 0 atom stereocenters. The number of unbranched alkanes of at least 4 members (excludes halogenated alkanes) is 2. The lowest BCUT2D eigenvalue weighted by Gasteiger charge is -2.22. The van der Waals surface area contributed by atoms with Gasteiger partial charge in [-0.05, 0) is 55.3 Å². The zero-order chi connectivity index (χ0) is 20.7. The summed E-state index contributed by atoms with van der Waals surface area (Å²) in [5.41, 5.74) is 1.67. The van der Waals surface area contributed by atoms with Gasteiger partial charge in [0.2, 0.25) is 0 Å². The van der Waals surface area contributed by atoms with Gasteiger partial charge in [0.1, 0.15) is 5.75 Å². The van der Waals surface area contributed by atoms with E-state index >= 15 is 0 Å². The van der Waals surface area contributed by atoms with Crippen molar-refractivity contribution in [2.24, 2.45) is 0 Å². The molecule has 0 heterocycles. The summed E-state index contributed by atoms with van der Waals surface area (Å²) >= 11 is 0. The van der Waals surface area contributed by atoms with Gasteiger partial charge in [-0.3, -0.25) is 9.10 Å². The lowest BCUT2D eigenvalue weighted by Crippen LogP contribution is -2.28. The molecule has 1 amide bonds. The van der Waals surface area contributed by atoms with Crippen molar-refractivity contribution in [2.75, 3.05) is 25.0 Å². The fraction of sp³-hybridized carbons (Fsp3) is 0.381.